The zero-order valence-corrected chi connectivity index (χ0v) is 11.1. The predicted molar refractivity (Wildman–Crippen MR) is 71.0 cm³/mol. The van der Waals surface area contributed by atoms with Crippen LogP contribution in [-0.2, 0) is 11.2 Å². The first-order chi connectivity index (χ1) is 7.94. The molecule has 1 amide bonds. The van der Waals surface area contributed by atoms with E-state index in [1.54, 1.807) is 7.05 Å². The number of aryl methyl sites for hydroxylation is 1. The van der Waals surface area contributed by atoms with Gasteiger partial charge < -0.3 is 10.6 Å². The molecule has 0 unspecified atom stereocenters. The summed E-state index contributed by atoms with van der Waals surface area (Å²) < 4.78 is 0. The molecule has 1 rings (SSSR count). The van der Waals surface area contributed by atoms with Crippen molar-refractivity contribution in [2.24, 2.45) is 0 Å². The lowest BCUT2D eigenvalue weighted by Gasteiger charge is -2.27. The van der Waals surface area contributed by atoms with Crippen LogP contribution in [0.4, 0.5) is 0 Å². The maximum atomic E-state index is 11.6. The topological polar surface area (TPSA) is 41.1 Å². The summed E-state index contributed by atoms with van der Waals surface area (Å²) in [6.07, 6.45) is 0.842. The van der Waals surface area contributed by atoms with Crippen molar-refractivity contribution < 1.29 is 4.79 Å². The molecule has 0 heterocycles. The zero-order chi connectivity index (χ0) is 12.9. The third kappa shape index (κ3) is 4.57. The number of rotatable bonds is 5. The van der Waals surface area contributed by atoms with Gasteiger partial charge in [-0.05, 0) is 45.4 Å². The predicted octanol–water partition coefficient (Wildman–Crippen LogP) is 1.65. The highest BCUT2D eigenvalue weighted by atomic mass is 16.2. The molecule has 0 aromatic heterocycles. The summed E-state index contributed by atoms with van der Waals surface area (Å²) in [4.78, 5) is 11.6. The van der Waals surface area contributed by atoms with Crippen LogP contribution in [0, 0.1) is 6.92 Å². The lowest BCUT2D eigenvalue weighted by atomic mass is 9.92. The Kier molecular flexibility index (Phi) is 4.70. The molecule has 3 heteroatoms. The van der Waals surface area contributed by atoms with Crippen molar-refractivity contribution in [1.82, 2.24) is 10.6 Å². The summed E-state index contributed by atoms with van der Waals surface area (Å²) in [7, 11) is 1.77. The first-order valence-electron chi connectivity index (χ1n) is 5.95. The van der Waals surface area contributed by atoms with Gasteiger partial charge in [-0.25, -0.2) is 0 Å². The molecule has 0 radical (unpaired) electrons. The van der Waals surface area contributed by atoms with E-state index in [1.807, 2.05) is 26.0 Å². The van der Waals surface area contributed by atoms with Crippen LogP contribution < -0.4 is 10.6 Å². The average Bonchev–Trinajstić information content (AvgIpc) is 2.20. The van der Waals surface area contributed by atoms with E-state index in [2.05, 4.69) is 29.7 Å². The molecule has 0 saturated heterocycles. The first-order valence-corrected chi connectivity index (χ1v) is 5.95. The van der Waals surface area contributed by atoms with Gasteiger partial charge in [0.15, 0.2) is 0 Å². The maximum absolute atomic E-state index is 11.6. The molecule has 3 nitrogen and oxygen atoms in total. The summed E-state index contributed by atoms with van der Waals surface area (Å²) >= 11 is 0. The van der Waals surface area contributed by atoms with E-state index < -0.39 is 0 Å². The van der Waals surface area contributed by atoms with Crippen LogP contribution in [0.15, 0.2) is 24.3 Å². The number of hydrogen-bond acceptors (Lipinski definition) is 2. The van der Waals surface area contributed by atoms with Gasteiger partial charge in [0.05, 0.1) is 6.54 Å². The highest BCUT2D eigenvalue weighted by Gasteiger charge is 2.21. The number of hydrogen-bond donors (Lipinski definition) is 2. The van der Waals surface area contributed by atoms with Crippen LogP contribution in [0.2, 0.25) is 0 Å². The van der Waals surface area contributed by atoms with Crippen molar-refractivity contribution in [3.63, 3.8) is 0 Å². The van der Waals surface area contributed by atoms with Crippen LogP contribution in [0.3, 0.4) is 0 Å². The third-order valence-electron chi connectivity index (χ3n) is 2.71. The van der Waals surface area contributed by atoms with Crippen molar-refractivity contribution in [2.45, 2.75) is 32.7 Å². The second kappa shape index (κ2) is 5.82. The Labute approximate surface area is 104 Å². The van der Waals surface area contributed by atoms with E-state index in [0.29, 0.717) is 6.54 Å². The second-order valence-corrected chi connectivity index (χ2v) is 5.07. The van der Waals surface area contributed by atoms with Gasteiger partial charge in [0, 0.05) is 5.54 Å². The minimum Gasteiger partial charge on any atom is -0.350 e. The van der Waals surface area contributed by atoms with Crippen LogP contribution in [0.1, 0.15) is 25.0 Å². The molecule has 2 N–H and O–H groups in total. The summed E-state index contributed by atoms with van der Waals surface area (Å²) in [6, 6.07) is 8.28. The standard InChI is InChI=1S/C14H22N2O/c1-11-7-5-6-8-12(11)9-14(2,3)16-13(17)10-15-4/h5-8,15H,9-10H2,1-4H3,(H,16,17). The fourth-order valence-electron chi connectivity index (χ4n) is 1.91. The number of nitrogens with one attached hydrogen (secondary N) is 2. The summed E-state index contributed by atoms with van der Waals surface area (Å²) in [5, 5.41) is 5.88. The van der Waals surface area contributed by atoms with Crippen LogP contribution in [0.5, 0.6) is 0 Å². The first kappa shape index (κ1) is 13.7. The number of amides is 1. The molecule has 0 aliphatic carbocycles. The minimum absolute atomic E-state index is 0.0334. The molecule has 0 aliphatic heterocycles. The van der Waals surface area contributed by atoms with Crippen molar-refractivity contribution in [2.75, 3.05) is 13.6 Å². The van der Waals surface area contributed by atoms with E-state index in [4.69, 9.17) is 0 Å². The zero-order valence-electron chi connectivity index (χ0n) is 11.1. The monoisotopic (exact) mass is 234 g/mol. The molecule has 0 bridgehead atoms. The van der Waals surface area contributed by atoms with Gasteiger partial charge in [0.2, 0.25) is 5.91 Å². The molecule has 0 atom stereocenters. The van der Waals surface area contributed by atoms with Crippen LogP contribution in [0.25, 0.3) is 0 Å². The largest absolute Gasteiger partial charge is 0.350 e. The Morgan fingerprint density at radius 3 is 2.53 bits per heavy atom. The Morgan fingerprint density at radius 2 is 1.94 bits per heavy atom. The highest BCUT2D eigenvalue weighted by molar-refractivity contribution is 5.78. The van der Waals surface area contributed by atoms with E-state index in [0.717, 1.165) is 6.42 Å². The fourth-order valence-corrected chi connectivity index (χ4v) is 1.91. The Balaban J connectivity index is 2.66. The van der Waals surface area contributed by atoms with Crippen molar-refractivity contribution in [1.29, 1.82) is 0 Å². The molecule has 1 aromatic rings. The highest BCUT2D eigenvalue weighted by Crippen LogP contribution is 2.15. The number of likely N-dealkylation sites (N-methyl/N-ethyl adjacent to an activating group) is 1. The Hall–Kier alpha value is -1.35. The Morgan fingerprint density at radius 1 is 1.29 bits per heavy atom. The molecular weight excluding hydrogens is 212 g/mol. The summed E-state index contributed by atoms with van der Waals surface area (Å²) in [5.41, 5.74) is 2.32. The van der Waals surface area contributed by atoms with E-state index >= 15 is 0 Å². The molecule has 0 aliphatic rings. The molecule has 1 aromatic carbocycles. The van der Waals surface area contributed by atoms with Gasteiger partial charge in [-0.3, -0.25) is 4.79 Å². The van der Waals surface area contributed by atoms with Gasteiger partial charge in [0.1, 0.15) is 0 Å². The van der Waals surface area contributed by atoms with Crippen molar-refractivity contribution in [3.05, 3.63) is 35.4 Å². The van der Waals surface area contributed by atoms with E-state index in [1.165, 1.54) is 11.1 Å². The lowest BCUT2D eigenvalue weighted by Crippen LogP contribution is -2.48. The van der Waals surface area contributed by atoms with Crippen molar-refractivity contribution in [3.8, 4) is 0 Å². The average molecular weight is 234 g/mol. The quantitative estimate of drug-likeness (QED) is 0.813. The fraction of sp³-hybridized carbons (Fsp3) is 0.500. The van der Waals surface area contributed by atoms with E-state index in [-0.39, 0.29) is 11.4 Å². The van der Waals surface area contributed by atoms with Gasteiger partial charge in [0.25, 0.3) is 0 Å². The van der Waals surface area contributed by atoms with Gasteiger partial charge in [-0.15, -0.1) is 0 Å². The molecule has 0 fully saturated rings. The minimum atomic E-state index is -0.222. The Bertz CT molecular complexity index is 386. The number of benzene rings is 1. The third-order valence-corrected chi connectivity index (χ3v) is 2.71. The van der Waals surface area contributed by atoms with Crippen LogP contribution >= 0.6 is 0 Å². The van der Waals surface area contributed by atoms with Gasteiger partial charge in [-0.1, -0.05) is 24.3 Å². The molecule has 17 heavy (non-hydrogen) atoms. The molecular formula is C14H22N2O. The van der Waals surface area contributed by atoms with Crippen molar-refractivity contribution >= 4 is 5.91 Å². The summed E-state index contributed by atoms with van der Waals surface area (Å²) in [5.74, 6) is 0.0334. The molecule has 0 spiro atoms. The second-order valence-electron chi connectivity index (χ2n) is 5.07. The molecule has 94 valence electrons. The van der Waals surface area contributed by atoms with Gasteiger partial charge >= 0.3 is 0 Å². The lowest BCUT2D eigenvalue weighted by molar-refractivity contribution is -0.121. The maximum Gasteiger partial charge on any atom is 0.234 e. The number of carbonyl (C=O) groups excluding carboxylic acids is 1. The summed E-state index contributed by atoms with van der Waals surface area (Å²) in [6.45, 7) is 6.55. The smallest absolute Gasteiger partial charge is 0.234 e. The SMILES string of the molecule is CNCC(=O)NC(C)(C)Cc1ccccc1C. The molecule has 0 saturated carbocycles. The van der Waals surface area contributed by atoms with Gasteiger partial charge in [-0.2, -0.15) is 0 Å². The number of carbonyl (C=O) groups is 1. The normalized spacial score (nSPS) is 11.3. The van der Waals surface area contributed by atoms with E-state index in [9.17, 15) is 4.79 Å². The van der Waals surface area contributed by atoms with Crippen LogP contribution in [-0.4, -0.2) is 25.0 Å².